The van der Waals surface area contributed by atoms with Gasteiger partial charge in [-0.15, -0.1) is 0 Å². The lowest BCUT2D eigenvalue weighted by atomic mass is 10.2. The van der Waals surface area contributed by atoms with Crippen LogP contribution in [-0.2, 0) is 4.79 Å². The van der Waals surface area contributed by atoms with Gasteiger partial charge in [-0.1, -0.05) is 18.9 Å². The molecule has 0 spiro atoms. The van der Waals surface area contributed by atoms with Gasteiger partial charge in [-0.05, 0) is 25.0 Å². The van der Waals surface area contributed by atoms with Crippen molar-refractivity contribution in [3.63, 3.8) is 0 Å². The average Bonchev–Trinajstić information content (AvgIpc) is 2.79. The normalized spacial score (nSPS) is 15.8. The molecule has 1 aliphatic rings. The van der Waals surface area contributed by atoms with Gasteiger partial charge in [0.05, 0.1) is 0 Å². The Morgan fingerprint density at radius 1 is 1.41 bits per heavy atom. The Morgan fingerprint density at radius 3 is 2.88 bits per heavy atom. The number of anilines is 1. The Morgan fingerprint density at radius 2 is 2.18 bits per heavy atom. The zero-order valence-corrected chi connectivity index (χ0v) is 9.82. The van der Waals surface area contributed by atoms with Crippen molar-refractivity contribution < 1.29 is 9.53 Å². The van der Waals surface area contributed by atoms with Gasteiger partial charge in [0.15, 0.2) is 6.61 Å². The first-order chi connectivity index (χ1) is 8.24. The SMILES string of the molecule is Nc1cccc(OCC(=O)NC2CCCC2)c1. The summed E-state index contributed by atoms with van der Waals surface area (Å²) in [6.07, 6.45) is 4.59. The third kappa shape index (κ3) is 3.66. The molecule has 0 aliphatic heterocycles. The van der Waals surface area contributed by atoms with Gasteiger partial charge in [-0.3, -0.25) is 4.79 Å². The minimum absolute atomic E-state index is 0.0555. The van der Waals surface area contributed by atoms with Gasteiger partial charge in [0.25, 0.3) is 5.91 Å². The van der Waals surface area contributed by atoms with Gasteiger partial charge in [0.2, 0.25) is 0 Å². The summed E-state index contributed by atoms with van der Waals surface area (Å²) in [6, 6.07) is 7.43. The molecule has 4 nitrogen and oxygen atoms in total. The lowest BCUT2D eigenvalue weighted by Gasteiger charge is -2.12. The molecule has 0 aromatic heterocycles. The van der Waals surface area contributed by atoms with Crippen molar-refractivity contribution in [2.24, 2.45) is 0 Å². The first-order valence-electron chi connectivity index (χ1n) is 6.02. The van der Waals surface area contributed by atoms with E-state index in [1.807, 2.05) is 0 Å². The molecule has 92 valence electrons. The van der Waals surface area contributed by atoms with Gasteiger partial charge < -0.3 is 15.8 Å². The predicted octanol–water partition coefficient (Wildman–Crippen LogP) is 1.71. The van der Waals surface area contributed by atoms with Crippen molar-refractivity contribution in [1.82, 2.24) is 5.32 Å². The molecule has 1 aromatic carbocycles. The third-order valence-corrected chi connectivity index (χ3v) is 2.95. The molecule has 1 aromatic rings. The van der Waals surface area contributed by atoms with Crippen LogP contribution in [0.15, 0.2) is 24.3 Å². The van der Waals surface area contributed by atoms with Gasteiger partial charge >= 0.3 is 0 Å². The first kappa shape index (κ1) is 11.8. The fourth-order valence-corrected chi connectivity index (χ4v) is 2.09. The van der Waals surface area contributed by atoms with E-state index in [9.17, 15) is 4.79 Å². The van der Waals surface area contributed by atoms with E-state index in [0.29, 0.717) is 17.5 Å². The molecule has 1 fully saturated rings. The molecule has 0 saturated heterocycles. The van der Waals surface area contributed by atoms with E-state index in [-0.39, 0.29) is 12.5 Å². The van der Waals surface area contributed by atoms with Crippen LogP contribution < -0.4 is 15.8 Å². The molecule has 1 aliphatic carbocycles. The van der Waals surface area contributed by atoms with Crippen LogP contribution in [0, 0.1) is 0 Å². The summed E-state index contributed by atoms with van der Waals surface area (Å²) < 4.78 is 5.37. The van der Waals surface area contributed by atoms with Gasteiger partial charge in [0, 0.05) is 17.8 Å². The molecule has 0 atom stereocenters. The second-order valence-corrected chi connectivity index (χ2v) is 4.41. The molecule has 0 bridgehead atoms. The highest BCUT2D eigenvalue weighted by molar-refractivity contribution is 5.77. The minimum Gasteiger partial charge on any atom is -0.484 e. The fourth-order valence-electron chi connectivity index (χ4n) is 2.09. The maximum absolute atomic E-state index is 11.6. The van der Waals surface area contributed by atoms with Crippen LogP contribution in [0.4, 0.5) is 5.69 Å². The highest BCUT2D eigenvalue weighted by Crippen LogP contribution is 2.17. The molecule has 1 amide bonds. The average molecular weight is 234 g/mol. The lowest BCUT2D eigenvalue weighted by Crippen LogP contribution is -2.36. The molecule has 0 radical (unpaired) electrons. The highest BCUT2D eigenvalue weighted by atomic mass is 16.5. The monoisotopic (exact) mass is 234 g/mol. The van der Waals surface area contributed by atoms with Crippen LogP contribution >= 0.6 is 0 Å². The largest absolute Gasteiger partial charge is 0.484 e. The van der Waals surface area contributed by atoms with Crippen molar-refractivity contribution in [2.75, 3.05) is 12.3 Å². The lowest BCUT2D eigenvalue weighted by molar-refractivity contribution is -0.123. The number of carbonyl (C=O) groups is 1. The third-order valence-electron chi connectivity index (χ3n) is 2.95. The second-order valence-electron chi connectivity index (χ2n) is 4.41. The van der Waals surface area contributed by atoms with E-state index in [2.05, 4.69) is 5.32 Å². The number of carbonyl (C=O) groups excluding carboxylic acids is 1. The van der Waals surface area contributed by atoms with Gasteiger partial charge in [-0.2, -0.15) is 0 Å². The number of amides is 1. The number of nitrogens with one attached hydrogen (secondary N) is 1. The molecule has 0 unspecified atom stereocenters. The predicted molar refractivity (Wildman–Crippen MR) is 66.7 cm³/mol. The molecule has 3 N–H and O–H groups in total. The summed E-state index contributed by atoms with van der Waals surface area (Å²) in [5.41, 5.74) is 6.25. The zero-order valence-electron chi connectivity index (χ0n) is 9.82. The molecule has 4 heteroatoms. The topological polar surface area (TPSA) is 64.3 Å². The van der Waals surface area contributed by atoms with Crippen LogP contribution in [0.2, 0.25) is 0 Å². The summed E-state index contributed by atoms with van der Waals surface area (Å²) in [4.78, 5) is 11.6. The molecule has 0 heterocycles. The zero-order chi connectivity index (χ0) is 12.1. The van der Waals surface area contributed by atoms with E-state index in [1.54, 1.807) is 24.3 Å². The summed E-state index contributed by atoms with van der Waals surface area (Å²) >= 11 is 0. The Labute approximate surface area is 101 Å². The van der Waals surface area contributed by atoms with Crippen LogP contribution in [-0.4, -0.2) is 18.6 Å². The van der Waals surface area contributed by atoms with Gasteiger partial charge in [-0.25, -0.2) is 0 Å². The van der Waals surface area contributed by atoms with Crippen molar-refractivity contribution in [2.45, 2.75) is 31.7 Å². The molecular formula is C13H18N2O2. The van der Waals surface area contributed by atoms with Crippen molar-refractivity contribution in [1.29, 1.82) is 0 Å². The Hall–Kier alpha value is -1.71. The quantitative estimate of drug-likeness (QED) is 0.779. The standard InChI is InChI=1S/C13H18N2O2/c14-10-4-3-7-12(8-10)17-9-13(16)15-11-5-1-2-6-11/h3-4,7-8,11H,1-2,5-6,9,14H2,(H,15,16). The van der Waals surface area contributed by atoms with E-state index >= 15 is 0 Å². The molecular weight excluding hydrogens is 216 g/mol. The van der Waals surface area contributed by atoms with E-state index < -0.39 is 0 Å². The van der Waals surface area contributed by atoms with Crippen LogP contribution in [0.25, 0.3) is 0 Å². The number of hydrogen-bond donors (Lipinski definition) is 2. The number of nitrogens with two attached hydrogens (primary N) is 1. The number of rotatable bonds is 4. The maximum Gasteiger partial charge on any atom is 0.258 e. The summed E-state index contributed by atoms with van der Waals surface area (Å²) in [5, 5.41) is 2.97. The molecule has 1 saturated carbocycles. The summed E-state index contributed by atoms with van der Waals surface area (Å²) in [5.74, 6) is 0.575. The maximum atomic E-state index is 11.6. The fraction of sp³-hybridized carbons (Fsp3) is 0.462. The van der Waals surface area contributed by atoms with Gasteiger partial charge in [0.1, 0.15) is 5.75 Å². The Bertz CT molecular complexity index is 387. The van der Waals surface area contributed by atoms with E-state index in [4.69, 9.17) is 10.5 Å². The van der Waals surface area contributed by atoms with Crippen molar-refractivity contribution >= 4 is 11.6 Å². The van der Waals surface area contributed by atoms with Crippen molar-refractivity contribution in [3.05, 3.63) is 24.3 Å². The number of benzene rings is 1. The van der Waals surface area contributed by atoms with Crippen LogP contribution in [0.5, 0.6) is 5.75 Å². The first-order valence-corrected chi connectivity index (χ1v) is 6.02. The number of hydrogen-bond acceptors (Lipinski definition) is 3. The summed E-state index contributed by atoms with van der Waals surface area (Å²) in [6.45, 7) is 0.0555. The molecule has 17 heavy (non-hydrogen) atoms. The highest BCUT2D eigenvalue weighted by Gasteiger charge is 2.17. The smallest absolute Gasteiger partial charge is 0.258 e. The Kier molecular flexibility index (Phi) is 3.85. The second kappa shape index (κ2) is 5.57. The van der Waals surface area contributed by atoms with E-state index in [0.717, 1.165) is 12.8 Å². The minimum atomic E-state index is -0.0562. The summed E-state index contributed by atoms with van der Waals surface area (Å²) in [7, 11) is 0. The van der Waals surface area contributed by atoms with Crippen molar-refractivity contribution in [3.8, 4) is 5.75 Å². The van der Waals surface area contributed by atoms with Crippen LogP contribution in [0.3, 0.4) is 0 Å². The number of ether oxygens (including phenoxy) is 1. The van der Waals surface area contributed by atoms with E-state index in [1.165, 1.54) is 12.8 Å². The Balaban J connectivity index is 1.75. The number of nitrogen functional groups attached to an aromatic ring is 1. The van der Waals surface area contributed by atoms with Crippen LogP contribution in [0.1, 0.15) is 25.7 Å². The molecule has 2 rings (SSSR count).